The Hall–Kier alpha value is -2.38. The molecule has 1 aromatic carbocycles. The van der Waals surface area contributed by atoms with Crippen molar-refractivity contribution in [3.05, 3.63) is 53.1 Å². The van der Waals surface area contributed by atoms with Crippen molar-refractivity contribution in [1.29, 1.82) is 0 Å². The van der Waals surface area contributed by atoms with Gasteiger partial charge in [-0.2, -0.15) is 0 Å². The van der Waals surface area contributed by atoms with Crippen molar-refractivity contribution in [3.8, 4) is 0 Å². The molecule has 1 aromatic heterocycles. The van der Waals surface area contributed by atoms with Crippen molar-refractivity contribution in [2.24, 2.45) is 0 Å². The zero-order chi connectivity index (χ0) is 18.4. The van der Waals surface area contributed by atoms with Crippen LogP contribution in [0.4, 0.5) is 11.5 Å². The third kappa shape index (κ3) is 5.06. The van der Waals surface area contributed by atoms with Crippen LogP contribution in [0.3, 0.4) is 0 Å². The summed E-state index contributed by atoms with van der Waals surface area (Å²) in [6.07, 6.45) is 2.85. The Morgan fingerprint density at radius 2 is 1.85 bits per heavy atom. The molecule has 7 nitrogen and oxygen atoms in total. The average molecular weight is 357 g/mol. The first-order valence-electron chi connectivity index (χ1n) is 9.04. The van der Waals surface area contributed by atoms with Crippen LogP contribution in [0.5, 0.6) is 0 Å². The van der Waals surface area contributed by atoms with Crippen molar-refractivity contribution < 1.29 is 5.11 Å². The third-order valence-corrected chi connectivity index (χ3v) is 4.80. The highest BCUT2D eigenvalue weighted by Gasteiger charge is 2.31. The molecule has 1 aliphatic rings. The van der Waals surface area contributed by atoms with Gasteiger partial charge in [0.15, 0.2) is 0 Å². The van der Waals surface area contributed by atoms with E-state index in [-0.39, 0.29) is 5.56 Å². The van der Waals surface area contributed by atoms with E-state index in [0.717, 1.165) is 25.3 Å². The van der Waals surface area contributed by atoms with Gasteiger partial charge < -0.3 is 20.6 Å². The number of nitrogens with zero attached hydrogens (tertiary/aromatic N) is 3. The SMILES string of the molecule is CN1CCC(O)(Cn2cnc(NCCNc3ccccc3)cc2=O)CC1. The van der Waals surface area contributed by atoms with Crippen LogP contribution in [0.2, 0.25) is 0 Å². The fourth-order valence-corrected chi connectivity index (χ4v) is 3.10. The normalized spacial score (nSPS) is 17.0. The summed E-state index contributed by atoms with van der Waals surface area (Å²) in [6, 6.07) is 11.4. The van der Waals surface area contributed by atoms with Gasteiger partial charge in [0.2, 0.25) is 0 Å². The molecule has 0 unspecified atom stereocenters. The Balaban J connectivity index is 1.50. The third-order valence-electron chi connectivity index (χ3n) is 4.80. The van der Waals surface area contributed by atoms with Gasteiger partial charge in [0.05, 0.1) is 18.5 Å². The van der Waals surface area contributed by atoms with E-state index in [1.54, 1.807) is 0 Å². The molecule has 1 saturated heterocycles. The molecular weight excluding hydrogens is 330 g/mol. The number of aromatic nitrogens is 2. The van der Waals surface area contributed by atoms with E-state index in [4.69, 9.17) is 0 Å². The number of para-hydroxylation sites is 1. The maximum absolute atomic E-state index is 12.3. The summed E-state index contributed by atoms with van der Waals surface area (Å²) >= 11 is 0. The van der Waals surface area contributed by atoms with Crippen molar-refractivity contribution in [3.63, 3.8) is 0 Å². The maximum atomic E-state index is 12.3. The molecule has 0 radical (unpaired) electrons. The first kappa shape index (κ1) is 18.4. The second kappa shape index (κ2) is 8.33. The Morgan fingerprint density at radius 1 is 1.15 bits per heavy atom. The van der Waals surface area contributed by atoms with Crippen molar-refractivity contribution in [2.75, 3.05) is 43.9 Å². The molecule has 1 aliphatic heterocycles. The summed E-state index contributed by atoms with van der Waals surface area (Å²) < 4.78 is 1.50. The van der Waals surface area contributed by atoms with Crippen LogP contribution < -0.4 is 16.2 Å². The molecular formula is C19H27N5O2. The Labute approximate surface area is 153 Å². The molecule has 3 N–H and O–H groups in total. The van der Waals surface area contributed by atoms with Gasteiger partial charge in [0, 0.05) is 37.9 Å². The van der Waals surface area contributed by atoms with E-state index in [0.29, 0.717) is 31.7 Å². The first-order chi connectivity index (χ1) is 12.5. The molecule has 2 heterocycles. The molecule has 0 spiro atoms. The monoisotopic (exact) mass is 357 g/mol. The van der Waals surface area contributed by atoms with Crippen molar-refractivity contribution >= 4 is 11.5 Å². The molecule has 0 saturated carbocycles. The van der Waals surface area contributed by atoms with E-state index < -0.39 is 5.60 Å². The summed E-state index contributed by atoms with van der Waals surface area (Å²) in [5, 5.41) is 17.1. The molecule has 0 atom stereocenters. The second-order valence-electron chi connectivity index (χ2n) is 6.99. The molecule has 7 heteroatoms. The fraction of sp³-hybridized carbons (Fsp3) is 0.474. The van der Waals surface area contributed by atoms with Gasteiger partial charge in [-0.3, -0.25) is 9.36 Å². The molecule has 140 valence electrons. The number of anilines is 2. The predicted octanol–water partition coefficient (Wildman–Crippen LogP) is 1.22. The zero-order valence-corrected chi connectivity index (χ0v) is 15.2. The topological polar surface area (TPSA) is 82.4 Å². The van der Waals surface area contributed by atoms with Gasteiger partial charge in [-0.05, 0) is 32.0 Å². The van der Waals surface area contributed by atoms with Crippen LogP contribution in [-0.2, 0) is 6.54 Å². The highest BCUT2D eigenvalue weighted by Crippen LogP contribution is 2.22. The summed E-state index contributed by atoms with van der Waals surface area (Å²) in [7, 11) is 2.04. The lowest BCUT2D eigenvalue weighted by atomic mass is 9.91. The number of piperidine rings is 1. The molecule has 0 bridgehead atoms. The number of nitrogens with one attached hydrogen (secondary N) is 2. The molecule has 3 rings (SSSR count). The van der Waals surface area contributed by atoms with Crippen LogP contribution in [0.1, 0.15) is 12.8 Å². The molecule has 26 heavy (non-hydrogen) atoms. The molecule has 0 amide bonds. The van der Waals surface area contributed by atoms with E-state index in [2.05, 4.69) is 20.5 Å². The summed E-state index contributed by atoms with van der Waals surface area (Å²) in [6.45, 7) is 3.35. The Morgan fingerprint density at radius 3 is 2.54 bits per heavy atom. The predicted molar refractivity (Wildman–Crippen MR) is 104 cm³/mol. The van der Waals surface area contributed by atoms with Crippen LogP contribution in [0, 0.1) is 0 Å². The van der Waals surface area contributed by atoms with Gasteiger partial charge in [-0.25, -0.2) is 4.98 Å². The molecule has 2 aromatic rings. The minimum absolute atomic E-state index is 0.147. The standard InChI is InChI=1S/C19H27N5O2/c1-23-11-7-19(26,8-12-23)14-24-15-22-17(13-18(24)25)21-10-9-20-16-5-3-2-4-6-16/h2-6,13,15,20-21,26H,7-12,14H2,1H3. The summed E-state index contributed by atoms with van der Waals surface area (Å²) in [4.78, 5) is 18.8. The summed E-state index contributed by atoms with van der Waals surface area (Å²) in [5.74, 6) is 0.552. The highest BCUT2D eigenvalue weighted by atomic mass is 16.3. The number of benzene rings is 1. The van der Waals surface area contributed by atoms with Crippen molar-refractivity contribution in [1.82, 2.24) is 14.5 Å². The van der Waals surface area contributed by atoms with E-state index >= 15 is 0 Å². The number of hydrogen-bond acceptors (Lipinski definition) is 6. The summed E-state index contributed by atoms with van der Waals surface area (Å²) in [5.41, 5.74) is 0.0851. The van der Waals surface area contributed by atoms with Crippen LogP contribution in [-0.4, -0.2) is 58.4 Å². The van der Waals surface area contributed by atoms with Gasteiger partial charge in [-0.1, -0.05) is 18.2 Å². The minimum Gasteiger partial charge on any atom is -0.388 e. The number of hydrogen-bond donors (Lipinski definition) is 3. The maximum Gasteiger partial charge on any atom is 0.255 e. The lowest BCUT2D eigenvalue weighted by Crippen LogP contribution is -2.46. The number of aliphatic hydroxyl groups is 1. The minimum atomic E-state index is -0.827. The Kier molecular flexibility index (Phi) is 5.90. The van der Waals surface area contributed by atoms with Gasteiger partial charge in [0.25, 0.3) is 5.56 Å². The van der Waals surface area contributed by atoms with E-state index in [1.165, 1.54) is 17.0 Å². The molecule has 0 aliphatic carbocycles. The average Bonchev–Trinajstić information content (AvgIpc) is 2.65. The lowest BCUT2D eigenvalue weighted by molar-refractivity contribution is -0.0299. The van der Waals surface area contributed by atoms with Crippen LogP contribution in [0.25, 0.3) is 0 Å². The van der Waals surface area contributed by atoms with E-state index in [1.807, 2.05) is 37.4 Å². The fourth-order valence-electron chi connectivity index (χ4n) is 3.10. The number of likely N-dealkylation sites (tertiary alicyclic amines) is 1. The van der Waals surface area contributed by atoms with Gasteiger partial charge >= 0.3 is 0 Å². The van der Waals surface area contributed by atoms with Gasteiger partial charge in [0.1, 0.15) is 5.82 Å². The smallest absolute Gasteiger partial charge is 0.255 e. The lowest BCUT2D eigenvalue weighted by Gasteiger charge is -2.36. The Bertz CT molecular complexity index is 754. The van der Waals surface area contributed by atoms with Gasteiger partial charge in [-0.15, -0.1) is 0 Å². The second-order valence-corrected chi connectivity index (χ2v) is 6.99. The first-order valence-corrected chi connectivity index (χ1v) is 9.04. The highest BCUT2D eigenvalue weighted by molar-refractivity contribution is 5.42. The number of rotatable bonds is 7. The zero-order valence-electron chi connectivity index (χ0n) is 15.2. The quantitative estimate of drug-likeness (QED) is 0.647. The molecule has 1 fully saturated rings. The van der Waals surface area contributed by atoms with Crippen LogP contribution >= 0.6 is 0 Å². The van der Waals surface area contributed by atoms with E-state index in [9.17, 15) is 9.90 Å². The van der Waals surface area contributed by atoms with Crippen LogP contribution in [0.15, 0.2) is 47.5 Å². The van der Waals surface area contributed by atoms with Crippen molar-refractivity contribution in [2.45, 2.75) is 25.0 Å². The largest absolute Gasteiger partial charge is 0.388 e.